The lowest BCUT2D eigenvalue weighted by molar-refractivity contribution is 0.0936. The van der Waals surface area contributed by atoms with Crippen molar-refractivity contribution < 1.29 is 18.7 Å². The zero-order valence-electron chi connectivity index (χ0n) is 12.9. The van der Waals surface area contributed by atoms with Crippen molar-refractivity contribution >= 4 is 11.7 Å². The molecule has 0 saturated heterocycles. The van der Waals surface area contributed by atoms with Crippen LogP contribution in [0.4, 0.5) is 19.3 Å². The van der Waals surface area contributed by atoms with E-state index in [0.29, 0.717) is 0 Å². The molecule has 2 aromatic carbocycles. The minimum atomic E-state index is -1.10. The average molecular weight is 332 g/mol. The minimum Gasteiger partial charge on any atom is -0.388 e. The Morgan fingerprint density at radius 3 is 2.50 bits per heavy atom. The van der Waals surface area contributed by atoms with E-state index in [0.717, 1.165) is 24.5 Å². The summed E-state index contributed by atoms with van der Waals surface area (Å²) in [6.07, 6.45) is 0.903. The first-order valence-electron chi connectivity index (χ1n) is 7.74. The zero-order valence-corrected chi connectivity index (χ0v) is 12.9. The highest BCUT2D eigenvalue weighted by atomic mass is 19.2. The SMILES string of the molecule is O=C(NCC1(C(O)c2ccccc2)CC1)Nc1cccc(F)c1F. The van der Waals surface area contributed by atoms with E-state index < -0.39 is 29.2 Å². The van der Waals surface area contributed by atoms with Crippen LogP contribution in [-0.4, -0.2) is 17.7 Å². The van der Waals surface area contributed by atoms with E-state index >= 15 is 0 Å². The van der Waals surface area contributed by atoms with Crippen molar-refractivity contribution in [3.05, 3.63) is 65.7 Å². The van der Waals surface area contributed by atoms with Crippen molar-refractivity contribution in [3.8, 4) is 0 Å². The van der Waals surface area contributed by atoms with Crippen LogP contribution in [-0.2, 0) is 0 Å². The van der Waals surface area contributed by atoms with Crippen LogP contribution < -0.4 is 10.6 Å². The van der Waals surface area contributed by atoms with Crippen LogP contribution in [0.15, 0.2) is 48.5 Å². The second kappa shape index (κ2) is 6.57. The van der Waals surface area contributed by atoms with Gasteiger partial charge in [-0.3, -0.25) is 0 Å². The zero-order chi connectivity index (χ0) is 17.2. The molecule has 4 nitrogen and oxygen atoms in total. The van der Waals surface area contributed by atoms with E-state index in [-0.39, 0.29) is 12.2 Å². The molecule has 1 saturated carbocycles. The summed E-state index contributed by atoms with van der Waals surface area (Å²) in [5.41, 5.74) is 0.174. The second-order valence-corrected chi connectivity index (χ2v) is 6.08. The molecule has 0 bridgehead atoms. The molecule has 3 N–H and O–H groups in total. The topological polar surface area (TPSA) is 61.4 Å². The van der Waals surface area contributed by atoms with Crippen molar-refractivity contribution in [2.45, 2.75) is 18.9 Å². The molecule has 0 aliphatic heterocycles. The molecule has 0 spiro atoms. The van der Waals surface area contributed by atoms with E-state index in [1.54, 1.807) is 0 Å². The fourth-order valence-corrected chi connectivity index (χ4v) is 2.72. The summed E-state index contributed by atoms with van der Waals surface area (Å²) < 4.78 is 26.7. The van der Waals surface area contributed by atoms with Crippen LogP contribution in [0.2, 0.25) is 0 Å². The highest BCUT2D eigenvalue weighted by Gasteiger charge is 2.49. The number of carbonyl (C=O) groups is 1. The van der Waals surface area contributed by atoms with Crippen LogP contribution in [0.1, 0.15) is 24.5 Å². The number of aliphatic hydroxyl groups is 1. The highest BCUT2D eigenvalue weighted by molar-refractivity contribution is 5.89. The number of carbonyl (C=O) groups excluding carboxylic acids is 1. The lowest BCUT2D eigenvalue weighted by Gasteiger charge is -2.23. The highest BCUT2D eigenvalue weighted by Crippen LogP contribution is 2.54. The third kappa shape index (κ3) is 3.38. The van der Waals surface area contributed by atoms with Gasteiger partial charge in [0, 0.05) is 12.0 Å². The van der Waals surface area contributed by atoms with E-state index in [4.69, 9.17) is 0 Å². The van der Waals surface area contributed by atoms with Gasteiger partial charge >= 0.3 is 6.03 Å². The van der Waals surface area contributed by atoms with Crippen molar-refractivity contribution in [2.75, 3.05) is 11.9 Å². The average Bonchev–Trinajstić information content (AvgIpc) is 3.38. The lowest BCUT2D eigenvalue weighted by Crippen LogP contribution is -2.36. The first kappa shape index (κ1) is 16.4. The lowest BCUT2D eigenvalue weighted by atomic mass is 9.93. The van der Waals surface area contributed by atoms with E-state index in [1.165, 1.54) is 12.1 Å². The molecule has 0 heterocycles. The maximum Gasteiger partial charge on any atom is 0.319 e. The predicted molar refractivity (Wildman–Crippen MR) is 86.4 cm³/mol. The Kier molecular flexibility index (Phi) is 4.49. The molecule has 126 valence electrons. The van der Waals surface area contributed by atoms with Gasteiger partial charge < -0.3 is 15.7 Å². The first-order chi connectivity index (χ1) is 11.5. The number of aliphatic hydroxyl groups excluding tert-OH is 1. The maximum absolute atomic E-state index is 13.5. The number of urea groups is 1. The molecule has 0 radical (unpaired) electrons. The number of amides is 2. The Morgan fingerprint density at radius 2 is 1.83 bits per heavy atom. The Morgan fingerprint density at radius 1 is 1.12 bits per heavy atom. The van der Waals surface area contributed by atoms with Gasteiger partial charge in [0.2, 0.25) is 0 Å². The summed E-state index contributed by atoms with van der Waals surface area (Å²) in [5.74, 6) is -2.12. The van der Waals surface area contributed by atoms with Crippen LogP contribution in [0.25, 0.3) is 0 Å². The number of nitrogens with one attached hydrogen (secondary N) is 2. The van der Waals surface area contributed by atoms with Gasteiger partial charge in [-0.1, -0.05) is 36.4 Å². The van der Waals surface area contributed by atoms with Gasteiger partial charge in [-0.05, 0) is 30.5 Å². The minimum absolute atomic E-state index is 0.221. The summed E-state index contributed by atoms with van der Waals surface area (Å²) >= 11 is 0. The molecule has 1 fully saturated rings. The maximum atomic E-state index is 13.5. The standard InChI is InChI=1S/C18H18F2N2O2/c19-13-7-4-8-14(15(13)20)22-17(24)21-11-18(9-10-18)16(23)12-5-2-1-3-6-12/h1-8,16,23H,9-11H2,(H2,21,22,24). The Labute approximate surface area is 138 Å². The summed E-state index contributed by atoms with van der Waals surface area (Å²) in [5, 5.41) is 15.4. The van der Waals surface area contributed by atoms with Gasteiger partial charge in [-0.2, -0.15) is 0 Å². The molecule has 2 amide bonds. The number of benzene rings is 2. The van der Waals surface area contributed by atoms with Gasteiger partial charge in [0.05, 0.1) is 11.8 Å². The summed E-state index contributed by atoms with van der Waals surface area (Å²) in [4.78, 5) is 11.9. The first-order valence-corrected chi connectivity index (χ1v) is 7.74. The molecular formula is C18H18F2N2O2. The van der Waals surface area contributed by atoms with Crippen LogP contribution in [0, 0.1) is 17.0 Å². The number of anilines is 1. The fraction of sp³-hybridized carbons (Fsp3) is 0.278. The molecule has 6 heteroatoms. The van der Waals surface area contributed by atoms with E-state index in [9.17, 15) is 18.7 Å². The van der Waals surface area contributed by atoms with Crippen molar-refractivity contribution in [1.29, 1.82) is 0 Å². The third-order valence-corrected chi connectivity index (χ3v) is 4.39. The Hall–Kier alpha value is -2.47. The molecule has 3 rings (SSSR count). The largest absolute Gasteiger partial charge is 0.388 e. The summed E-state index contributed by atoms with van der Waals surface area (Å²) in [6.45, 7) is 0.256. The van der Waals surface area contributed by atoms with Crippen LogP contribution in [0.3, 0.4) is 0 Å². The normalized spacial score (nSPS) is 16.3. The molecule has 0 aromatic heterocycles. The number of rotatable bonds is 5. The molecule has 1 aliphatic carbocycles. The number of halogens is 2. The molecule has 2 aromatic rings. The molecule has 1 unspecified atom stereocenters. The fourth-order valence-electron chi connectivity index (χ4n) is 2.72. The monoisotopic (exact) mass is 332 g/mol. The molecular weight excluding hydrogens is 314 g/mol. The van der Waals surface area contributed by atoms with Gasteiger partial charge in [-0.25, -0.2) is 13.6 Å². The van der Waals surface area contributed by atoms with Gasteiger partial charge in [0.15, 0.2) is 11.6 Å². The predicted octanol–water partition coefficient (Wildman–Crippen LogP) is 3.60. The number of hydrogen-bond acceptors (Lipinski definition) is 2. The van der Waals surface area contributed by atoms with Crippen LogP contribution in [0.5, 0.6) is 0 Å². The quantitative estimate of drug-likeness (QED) is 0.783. The van der Waals surface area contributed by atoms with Gasteiger partial charge in [0.25, 0.3) is 0 Å². The second-order valence-electron chi connectivity index (χ2n) is 6.08. The summed E-state index contributed by atoms with van der Waals surface area (Å²) in [7, 11) is 0. The molecule has 24 heavy (non-hydrogen) atoms. The van der Waals surface area contributed by atoms with Crippen molar-refractivity contribution in [2.24, 2.45) is 5.41 Å². The Balaban J connectivity index is 1.59. The van der Waals surface area contributed by atoms with Crippen molar-refractivity contribution in [3.63, 3.8) is 0 Å². The third-order valence-electron chi connectivity index (χ3n) is 4.39. The van der Waals surface area contributed by atoms with Crippen molar-refractivity contribution in [1.82, 2.24) is 5.32 Å². The smallest absolute Gasteiger partial charge is 0.319 e. The van der Waals surface area contributed by atoms with Crippen LogP contribution >= 0.6 is 0 Å². The molecule has 1 aliphatic rings. The van der Waals surface area contributed by atoms with Gasteiger partial charge in [-0.15, -0.1) is 0 Å². The van der Waals surface area contributed by atoms with E-state index in [1.807, 2.05) is 30.3 Å². The van der Waals surface area contributed by atoms with E-state index in [2.05, 4.69) is 10.6 Å². The molecule has 1 atom stereocenters. The summed E-state index contributed by atoms with van der Waals surface area (Å²) in [6, 6.07) is 12.2. The Bertz CT molecular complexity index is 733. The number of hydrogen-bond donors (Lipinski definition) is 3. The van der Waals surface area contributed by atoms with Gasteiger partial charge in [0.1, 0.15) is 0 Å².